The molecule has 0 bridgehead atoms. The Kier molecular flexibility index (Phi) is 7.71. The third-order valence-electron chi connectivity index (χ3n) is 16.8. The van der Waals surface area contributed by atoms with E-state index in [0.29, 0.717) is 0 Å². The lowest BCUT2D eigenvalue weighted by Crippen LogP contribution is -2.18. The number of furan rings is 2. The number of anilines is 3. The first kappa shape index (κ1) is 39.8. The van der Waals surface area contributed by atoms with Crippen molar-refractivity contribution in [1.29, 1.82) is 0 Å². The van der Waals surface area contributed by atoms with Crippen LogP contribution in [0.2, 0.25) is 0 Å². The van der Waals surface area contributed by atoms with Gasteiger partial charge in [0, 0.05) is 60.4 Å². The zero-order valence-corrected chi connectivity index (χ0v) is 40.2. The highest BCUT2D eigenvalue weighted by Gasteiger charge is 2.44. The summed E-state index contributed by atoms with van der Waals surface area (Å²) in [4.78, 5) is 2.46. The molecule has 10 aromatic carbocycles. The molecular formula is C67H49NO2. The Morgan fingerprint density at radius 1 is 0.314 bits per heavy atom. The molecule has 0 spiro atoms. The number of fused-ring (bicyclic) bond motifs is 18. The van der Waals surface area contributed by atoms with Gasteiger partial charge in [-0.3, -0.25) is 0 Å². The van der Waals surface area contributed by atoms with E-state index in [1.807, 2.05) is 0 Å². The van der Waals surface area contributed by atoms with Crippen molar-refractivity contribution >= 4 is 71.7 Å². The predicted octanol–water partition coefficient (Wildman–Crippen LogP) is 18.7. The minimum Gasteiger partial charge on any atom is -0.456 e. The van der Waals surface area contributed by atoms with Gasteiger partial charge in [-0.05, 0) is 156 Å². The van der Waals surface area contributed by atoms with Crippen molar-refractivity contribution in [2.45, 2.75) is 57.8 Å². The fraction of sp³-hybridized carbons (Fsp3) is 0.134. The van der Waals surface area contributed by atoms with E-state index >= 15 is 0 Å². The van der Waals surface area contributed by atoms with E-state index in [2.05, 4.69) is 234 Å². The van der Waals surface area contributed by atoms with Gasteiger partial charge in [0.05, 0.1) is 0 Å². The maximum Gasteiger partial charge on any atom is 0.143 e. The third-order valence-corrected chi connectivity index (χ3v) is 16.8. The minimum atomic E-state index is -0.308. The molecule has 15 rings (SSSR count). The average molecular weight is 900 g/mol. The van der Waals surface area contributed by atoms with Crippen LogP contribution in [0.5, 0.6) is 0 Å². The summed E-state index contributed by atoms with van der Waals surface area (Å²) >= 11 is 0. The highest BCUT2D eigenvalue weighted by Crippen LogP contribution is 2.60. The second kappa shape index (κ2) is 13.6. The Balaban J connectivity index is 0.890. The Morgan fingerprint density at radius 3 is 1.63 bits per heavy atom. The Bertz CT molecular complexity index is 4270. The lowest BCUT2D eigenvalue weighted by molar-refractivity contribution is 0.651. The van der Waals surface area contributed by atoms with Crippen molar-refractivity contribution in [3.8, 4) is 44.5 Å². The molecule has 3 aliphatic rings. The molecule has 3 aliphatic carbocycles. The van der Waals surface area contributed by atoms with Crippen LogP contribution in [0.25, 0.3) is 99.2 Å². The van der Waals surface area contributed by atoms with Gasteiger partial charge in [-0.25, -0.2) is 0 Å². The molecule has 0 fully saturated rings. The molecule has 0 saturated carbocycles. The number of para-hydroxylation sites is 3. The van der Waals surface area contributed by atoms with E-state index in [1.54, 1.807) is 0 Å². The first-order chi connectivity index (χ1) is 34.0. The molecule has 0 N–H and O–H groups in total. The number of benzene rings is 10. The van der Waals surface area contributed by atoms with Crippen LogP contribution in [0.1, 0.15) is 74.9 Å². The van der Waals surface area contributed by atoms with Crippen LogP contribution in [0, 0.1) is 0 Å². The van der Waals surface area contributed by atoms with Crippen LogP contribution >= 0.6 is 0 Å². The molecular weight excluding hydrogens is 851 g/mol. The fourth-order valence-electron chi connectivity index (χ4n) is 13.3. The van der Waals surface area contributed by atoms with E-state index in [4.69, 9.17) is 8.83 Å². The van der Waals surface area contributed by atoms with Crippen LogP contribution in [0.3, 0.4) is 0 Å². The second-order valence-electron chi connectivity index (χ2n) is 21.6. The van der Waals surface area contributed by atoms with Crippen LogP contribution in [-0.2, 0) is 16.2 Å². The van der Waals surface area contributed by atoms with Gasteiger partial charge in [-0.2, -0.15) is 0 Å². The van der Waals surface area contributed by atoms with E-state index in [9.17, 15) is 0 Å². The number of nitrogens with zero attached hydrogens (tertiary/aromatic N) is 1. The summed E-state index contributed by atoms with van der Waals surface area (Å²) in [5.41, 5.74) is 24.7. The first-order valence-corrected chi connectivity index (χ1v) is 24.7. The topological polar surface area (TPSA) is 29.5 Å². The van der Waals surface area contributed by atoms with E-state index in [1.165, 1.54) is 99.3 Å². The number of hydrogen-bond acceptors (Lipinski definition) is 3. The van der Waals surface area contributed by atoms with Gasteiger partial charge in [0.2, 0.25) is 0 Å². The van der Waals surface area contributed by atoms with Crippen LogP contribution < -0.4 is 4.90 Å². The smallest absolute Gasteiger partial charge is 0.143 e. The SMILES string of the molecule is CC1(C)c2cc(N(c3ccccc3)c3ccc4c(c3)C(C)(C)c3cc(-c5cccc6ccccc56)c5oc6ccccc6c5c3-4)ccc2-c2cc3c(cc21)-c1c(ccc2oc4ccccc4c12)C3(C)C. The zero-order valence-electron chi connectivity index (χ0n) is 40.2. The predicted molar refractivity (Wildman–Crippen MR) is 291 cm³/mol. The summed E-state index contributed by atoms with van der Waals surface area (Å²) in [7, 11) is 0. The highest BCUT2D eigenvalue weighted by atomic mass is 16.3. The van der Waals surface area contributed by atoms with Gasteiger partial charge in [0.25, 0.3) is 0 Å². The molecule has 0 unspecified atom stereocenters. The van der Waals surface area contributed by atoms with Crippen molar-refractivity contribution in [3.63, 3.8) is 0 Å². The lowest BCUT2D eigenvalue weighted by atomic mass is 9.79. The lowest BCUT2D eigenvalue weighted by Gasteiger charge is -2.29. The van der Waals surface area contributed by atoms with Gasteiger partial charge >= 0.3 is 0 Å². The van der Waals surface area contributed by atoms with Crippen molar-refractivity contribution in [3.05, 3.63) is 221 Å². The minimum absolute atomic E-state index is 0.168. The van der Waals surface area contributed by atoms with Crippen molar-refractivity contribution in [2.24, 2.45) is 0 Å². The van der Waals surface area contributed by atoms with Crippen LogP contribution in [-0.4, -0.2) is 0 Å². The quantitative estimate of drug-likeness (QED) is 0.176. The van der Waals surface area contributed by atoms with Gasteiger partial charge in [-0.15, -0.1) is 0 Å². The Hall–Kier alpha value is -8.14. The first-order valence-electron chi connectivity index (χ1n) is 24.7. The number of rotatable bonds is 4. The molecule has 0 amide bonds. The maximum absolute atomic E-state index is 6.92. The maximum atomic E-state index is 6.92. The zero-order chi connectivity index (χ0) is 47.0. The summed E-state index contributed by atoms with van der Waals surface area (Å²) in [5, 5.41) is 7.19. The van der Waals surface area contributed by atoms with Crippen molar-refractivity contribution in [1.82, 2.24) is 0 Å². The van der Waals surface area contributed by atoms with Crippen LogP contribution in [0.4, 0.5) is 17.1 Å². The van der Waals surface area contributed by atoms with Gasteiger partial charge < -0.3 is 13.7 Å². The molecule has 70 heavy (non-hydrogen) atoms. The molecule has 2 aromatic heterocycles. The van der Waals surface area contributed by atoms with Crippen molar-refractivity contribution in [2.75, 3.05) is 4.90 Å². The Morgan fingerprint density at radius 2 is 0.857 bits per heavy atom. The molecule has 0 atom stereocenters. The normalized spacial score (nSPS) is 15.3. The van der Waals surface area contributed by atoms with E-state index in [-0.39, 0.29) is 16.2 Å². The fourth-order valence-corrected chi connectivity index (χ4v) is 13.3. The third kappa shape index (κ3) is 5.09. The highest BCUT2D eigenvalue weighted by molar-refractivity contribution is 6.20. The molecule has 0 saturated heterocycles. The molecule has 2 heterocycles. The largest absolute Gasteiger partial charge is 0.456 e. The molecule has 334 valence electrons. The monoisotopic (exact) mass is 899 g/mol. The molecule has 12 aromatic rings. The van der Waals surface area contributed by atoms with Gasteiger partial charge in [0.1, 0.15) is 22.3 Å². The summed E-state index contributed by atoms with van der Waals surface area (Å²) in [6.07, 6.45) is 0. The summed E-state index contributed by atoms with van der Waals surface area (Å²) in [6.45, 7) is 14.4. The number of hydrogen-bond donors (Lipinski definition) is 0. The molecule has 3 heteroatoms. The molecule has 0 aliphatic heterocycles. The second-order valence-corrected chi connectivity index (χ2v) is 21.6. The summed E-state index contributed by atoms with van der Waals surface area (Å²) in [6, 6.07) is 69.6. The average Bonchev–Trinajstić information content (AvgIpc) is 4.13. The standard InChI is InChI=1S/C67H49NO2/c1-65(2)51-31-32-59-62(46-22-12-14-25-57(46)69-59)61(51)50-37-54-48(35-55(50)65)44-29-27-40(33-52(44)66(54,3)4)68(39-19-8-7-9-20-39)41-28-30-45-53(34-41)67(5,6)56-36-49(43-24-16-18-38-17-10-11-21-42(38)43)64-63(60(45)56)47-23-13-15-26-58(47)70-64/h7-37H,1-6H3. The van der Waals surface area contributed by atoms with E-state index < -0.39 is 0 Å². The summed E-state index contributed by atoms with van der Waals surface area (Å²) < 4.78 is 13.4. The Labute approximate surface area is 407 Å². The molecule has 0 radical (unpaired) electrons. The molecule has 3 nitrogen and oxygen atoms in total. The van der Waals surface area contributed by atoms with Crippen LogP contribution in [0.15, 0.2) is 197 Å². The van der Waals surface area contributed by atoms with Crippen molar-refractivity contribution < 1.29 is 8.83 Å². The van der Waals surface area contributed by atoms with Gasteiger partial charge in [-0.1, -0.05) is 157 Å². The summed E-state index contributed by atoms with van der Waals surface area (Å²) in [5.74, 6) is 0. The van der Waals surface area contributed by atoms with Gasteiger partial charge in [0.15, 0.2) is 0 Å². The van der Waals surface area contributed by atoms with E-state index in [0.717, 1.165) is 50.3 Å².